The number of carbonyl (C=O) groups excluding carboxylic acids is 4. The lowest BCUT2D eigenvalue weighted by Crippen LogP contribution is -2.49. The van der Waals surface area contributed by atoms with E-state index in [0.29, 0.717) is 38.6 Å². The van der Waals surface area contributed by atoms with Crippen molar-refractivity contribution in [3.63, 3.8) is 0 Å². The molecule has 2 heterocycles. The van der Waals surface area contributed by atoms with Gasteiger partial charge in [-0.2, -0.15) is 0 Å². The van der Waals surface area contributed by atoms with Crippen LogP contribution < -0.4 is 36.0 Å². The van der Waals surface area contributed by atoms with Gasteiger partial charge in [-0.3, -0.25) is 19.6 Å². The maximum Gasteiger partial charge on any atom is 0.250 e. The molecule has 8 N–H and O–H groups in total. The van der Waals surface area contributed by atoms with E-state index in [4.69, 9.17) is 14.9 Å². The maximum atomic E-state index is 12.2. The number of rotatable bonds is 20. The molecule has 5 rings (SSSR count). The van der Waals surface area contributed by atoms with Crippen molar-refractivity contribution in [3.05, 3.63) is 35.9 Å². The first-order valence-corrected chi connectivity index (χ1v) is 25.4. The monoisotopic (exact) mass is 927 g/mol. The molecular formula is C48H90N6O9S. The summed E-state index contributed by atoms with van der Waals surface area (Å²) in [4.78, 5) is 44.1. The van der Waals surface area contributed by atoms with Gasteiger partial charge in [0.2, 0.25) is 15.9 Å². The highest BCUT2D eigenvalue weighted by atomic mass is 32.2. The Morgan fingerprint density at radius 1 is 0.938 bits per heavy atom. The molecule has 1 saturated heterocycles. The number of amides is 2. The van der Waals surface area contributed by atoms with Crippen LogP contribution in [0.15, 0.2) is 30.4 Å². The van der Waals surface area contributed by atoms with Gasteiger partial charge in [0, 0.05) is 18.3 Å². The van der Waals surface area contributed by atoms with Crippen LogP contribution in [-0.2, 0) is 35.7 Å². The highest BCUT2D eigenvalue weighted by molar-refractivity contribution is 7.91. The topological polar surface area (TPSA) is 224 Å². The Balaban J connectivity index is 0. The second kappa shape index (κ2) is 41.1. The number of fused-ring (bicyclic) bond motifs is 1. The van der Waals surface area contributed by atoms with Gasteiger partial charge in [0.05, 0.1) is 31.0 Å². The van der Waals surface area contributed by atoms with E-state index in [2.05, 4.69) is 52.1 Å². The number of hydrogen-bond acceptors (Lipinski definition) is 13. The third-order valence-corrected chi connectivity index (χ3v) is 12.9. The minimum Gasteiger partial charge on any atom is -0.497 e. The molecule has 2 saturated carbocycles. The number of likely N-dealkylation sites (N-methyl/N-ethyl adjacent to an activating group) is 1. The summed E-state index contributed by atoms with van der Waals surface area (Å²) in [5.74, 6) is 0.316. The van der Waals surface area contributed by atoms with Crippen molar-refractivity contribution in [2.75, 3.05) is 45.9 Å². The first-order chi connectivity index (χ1) is 30.8. The van der Waals surface area contributed by atoms with E-state index in [-0.39, 0.29) is 18.5 Å². The Hall–Kier alpha value is -3.41. The van der Waals surface area contributed by atoms with Gasteiger partial charge in [0.15, 0.2) is 0 Å². The van der Waals surface area contributed by atoms with Crippen LogP contribution in [0.2, 0.25) is 0 Å². The van der Waals surface area contributed by atoms with Crippen molar-refractivity contribution in [1.29, 1.82) is 0 Å². The van der Waals surface area contributed by atoms with Crippen LogP contribution in [0.3, 0.4) is 0 Å². The second-order valence-corrected chi connectivity index (χ2v) is 18.4. The predicted octanol–water partition coefficient (Wildman–Crippen LogP) is 6.81. The van der Waals surface area contributed by atoms with E-state index < -0.39 is 33.5 Å². The Morgan fingerprint density at radius 3 is 2.02 bits per heavy atom. The SMILES string of the molecule is C1CCCC1.CC.CC1CCCN1.CCCCC/C=C\CC(NCC=O)C(=O)NS(=O)(=O)C1(C)CC1.CCCCCCC1Nc2ccc(OC)cc2CNC1=O.CNCC=O.OCO. The molecule has 2 aliphatic heterocycles. The lowest BCUT2D eigenvalue weighted by Gasteiger charge is -2.18. The zero-order chi connectivity index (χ0) is 48.5. The Labute approximate surface area is 387 Å². The molecule has 0 aromatic heterocycles. The third-order valence-electron chi connectivity index (χ3n) is 10.7. The summed E-state index contributed by atoms with van der Waals surface area (Å²) >= 11 is 0. The van der Waals surface area contributed by atoms with Gasteiger partial charge in [-0.25, -0.2) is 8.42 Å². The number of methoxy groups -OCH3 is 1. The van der Waals surface area contributed by atoms with Crippen molar-refractivity contribution >= 4 is 40.1 Å². The lowest BCUT2D eigenvalue weighted by molar-refractivity contribution is -0.122. The van der Waals surface area contributed by atoms with Gasteiger partial charge in [0.1, 0.15) is 31.2 Å². The van der Waals surface area contributed by atoms with Crippen molar-refractivity contribution in [1.82, 2.24) is 26.0 Å². The number of aliphatic hydroxyl groups excluding tert-OH is 1. The molecular weight excluding hydrogens is 837 g/mol. The fraction of sp³-hybridized carbons (Fsp3) is 0.750. The molecule has 0 spiro atoms. The van der Waals surface area contributed by atoms with Crippen LogP contribution in [-0.4, -0.2) is 106 Å². The minimum atomic E-state index is -3.65. The average Bonchev–Trinajstić information content (AvgIpc) is 3.60. The molecule has 16 heteroatoms. The number of ether oxygens (including phenoxy) is 1. The molecule has 64 heavy (non-hydrogen) atoms. The molecule has 3 fully saturated rings. The molecule has 3 atom stereocenters. The molecule has 15 nitrogen and oxygen atoms in total. The first kappa shape index (κ1) is 62.7. The number of anilines is 1. The quantitative estimate of drug-likeness (QED) is 0.0292. The van der Waals surface area contributed by atoms with Crippen molar-refractivity contribution in [2.24, 2.45) is 0 Å². The number of sulfonamides is 1. The molecule has 1 aromatic carbocycles. The Kier molecular flexibility index (Phi) is 40.2. The molecule has 0 radical (unpaired) electrons. The molecule has 3 unspecified atom stereocenters. The summed E-state index contributed by atoms with van der Waals surface area (Å²) in [6.07, 6.45) is 27.0. The number of aldehydes is 2. The van der Waals surface area contributed by atoms with E-state index in [0.717, 1.165) is 67.9 Å². The molecule has 0 bridgehead atoms. The predicted molar refractivity (Wildman–Crippen MR) is 262 cm³/mol. The van der Waals surface area contributed by atoms with Crippen LogP contribution in [0.1, 0.15) is 169 Å². The normalized spacial score (nSPS) is 18.0. The largest absolute Gasteiger partial charge is 0.497 e. The third kappa shape index (κ3) is 30.7. The molecule has 4 aliphatic rings. The van der Waals surface area contributed by atoms with Crippen molar-refractivity contribution in [2.45, 2.75) is 193 Å². The van der Waals surface area contributed by atoms with Gasteiger partial charge < -0.3 is 45.8 Å². The van der Waals surface area contributed by atoms with Gasteiger partial charge in [0.25, 0.3) is 5.91 Å². The van der Waals surface area contributed by atoms with E-state index >= 15 is 0 Å². The number of allylic oxidation sites excluding steroid dienone is 1. The summed E-state index contributed by atoms with van der Waals surface area (Å²) in [5.41, 5.74) is 2.11. The first-order valence-electron chi connectivity index (χ1n) is 24.0. The zero-order valence-corrected chi connectivity index (χ0v) is 41.7. The van der Waals surface area contributed by atoms with Crippen LogP contribution in [0.4, 0.5) is 5.69 Å². The van der Waals surface area contributed by atoms with Gasteiger partial charge in [-0.1, -0.05) is 110 Å². The Bertz CT molecular complexity index is 1460. The fourth-order valence-corrected chi connectivity index (χ4v) is 7.75. The van der Waals surface area contributed by atoms with E-state index in [1.54, 1.807) is 21.1 Å². The Morgan fingerprint density at radius 2 is 1.55 bits per heavy atom. The standard InChI is InChI=1S/C16H28N2O4S.C16H24N2O2.C5H11N.C5H10.C3H7NO.C2H6.CH4O2/c1-3-4-5-6-7-8-9-14(17-12-13-19)15(20)18-23(21,22)16(2)10-11-16;1-3-4-5-6-7-15-16(19)17-11-12-10-13(20-2)8-9-14(12)18-15;1-5-3-2-4-6-5;1-2-4-5-3-1;1-4-2-3-5;1-2;2-1-3/h7-8,13-14,17H,3-6,9-12H2,1-2H3,(H,18,20);8-10,15,18H,3-7,11H2,1-2H3,(H,17,19);5-6H,2-4H2,1H3;1-5H2;3-4H,2H2,1H3;1-2H3;2-3H,1H2/b8-7-;;;;;;. The summed E-state index contributed by atoms with van der Waals surface area (Å²) in [7, 11) is -0.266. The fourth-order valence-electron chi connectivity index (χ4n) is 6.45. The van der Waals surface area contributed by atoms with Crippen LogP contribution in [0, 0.1) is 0 Å². The number of nitrogens with one attached hydrogen (secondary N) is 6. The molecule has 372 valence electrons. The van der Waals surface area contributed by atoms with E-state index in [1.807, 2.05) is 44.2 Å². The molecule has 2 aliphatic carbocycles. The lowest BCUT2D eigenvalue weighted by atomic mass is 10.1. The van der Waals surface area contributed by atoms with Gasteiger partial charge in [-0.05, 0) is 103 Å². The molecule has 2 amide bonds. The minimum absolute atomic E-state index is 0.0130. The maximum absolute atomic E-state index is 12.2. The number of carbonyl (C=O) groups is 4. The van der Waals surface area contributed by atoms with Crippen LogP contribution >= 0.6 is 0 Å². The number of hydrogen-bond donors (Lipinski definition) is 8. The van der Waals surface area contributed by atoms with E-state index in [1.165, 1.54) is 70.8 Å². The molecule has 1 aromatic rings. The van der Waals surface area contributed by atoms with Crippen LogP contribution in [0.25, 0.3) is 0 Å². The van der Waals surface area contributed by atoms with Crippen molar-refractivity contribution < 1.29 is 42.5 Å². The zero-order valence-electron chi connectivity index (χ0n) is 40.9. The number of aliphatic hydroxyl groups is 2. The van der Waals surface area contributed by atoms with Gasteiger partial charge in [-0.15, -0.1) is 0 Å². The summed E-state index contributed by atoms with van der Waals surface area (Å²) in [6.45, 7) is 13.7. The summed E-state index contributed by atoms with van der Waals surface area (Å²) < 4.78 is 30.8. The van der Waals surface area contributed by atoms with Gasteiger partial charge >= 0.3 is 0 Å². The number of benzene rings is 1. The highest BCUT2D eigenvalue weighted by Gasteiger charge is 2.51. The summed E-state index contributed by atoms with van der Waals surface area (Å²) in [5, 5.41) is 29.3. The summed E-state index contributed by atoms with van der Waals surface area (Å²) in [6, 6.07) is 5.84. The van der Waals surface area contributed by atoms with Crippen LogP contribution in [0.5, 0.6) is 5.75 Å². The van der Waals surface area contributed by atoms with Crippen molar-refractivity contribution in [3.8, 4) is 5.75 Å². The smallest absolute Gasteiger partial charge is 0.250 e. The number of unbranched alkanes of at least 4 members (excludes halogenated alkanes) is 6. The highest BCUT2D eigenvalue weighted by Crippen LogP contribution is 2.42. The van der Waals surface area contributed by atoms with E-state index in [9.17, 15) is 27.6 Å². The second-order valence-electron chi connectivity index (χ2n) is 16.2. The average molecular weight is 927 g/mol.